The molecule has 304 valence electrons. The fourth-order valence-corrected chi connectivity index (χ4v) is 16.0. The Labute approximate surface area is 331 Å². The van der Waals surface area contributed by atoms with Crippen molar-refractivity contribution in [3.63, 3.8) is 0 Å². The molecule has 0 spiro atoms. The first-order chi connectivity index (χ1) is 24.0. The van der Waals surface area contributed by atoms with E-state index in [1.807, 2.05) is 0 Å². The molecule has 4 rings (SSSR count). The van der Waals surface area contributed by atoms with Gasteiger partial charge in [0, 0.05) is 5.41 Å². The van der Waals surface area contributed by atoms with Crippen LogP contribution in [0, 0.1) is 22.7 Å². The number of rotatable bonds is 14. The summed E-state index contributed by atoms with van der Waals surface area (Å²) in [4.78, 5) is 0. The van der Waals surface area contributed by atoms with Crippen molar-refractivity contribution in [1.82, 2.24) is 0 Å². The lowest BCUT2D eigenvalue weighted by molar-refractivity contribution is -0.0431. The van der Waals surface area contributed by atoms with Gasteiger partial charge in [-0.3, -0.25) is 0 Å². The third kappa shape index (κ3) is 8.82. The molecule has 0 bridgehead atoms. The molecule has 0 unspecified atom stereocenters. The van der Waals surface area contributed by atoms with Crippen molar-refractivity contribution in [2.75, 3.05) is 6.61 Å². The first-order valence-corrected chi connectivity index (χ1v) is 29.9. The van der Waals surface area contributed by atoms with Crippen LogP contribution < -0.4 is 0 Å². The zero-order chi connectivity index (χ0) is 40.3. The second-order valence-electron chi connectivity index (χ2n) is 22.0. The Morgan fingerprint density at radius 3 is 1.91 bits per heavy atom. The Morgan fingerprint density at radius 1 is 0.792 bits per heavy atom. The Bertz CT molecular complexity index is 1420. The van der Waals surface area contributed by atoms with Gasteiger partial charge >= 0.3 is 0 Å². The van der Waals surface area contributed by atoms with Gasteiger partial charge in [-0.25, -0.2) is 0 Å². The molecule has 4 aliphatic carbocycles. The molecular weight excluding hydrogens is 701 g/mol. The lowest BCUT2D eigenvalue weighted by Gasteiger charge is -2.59. The molecule has 0 N–H and O–H groups in total. The predicted octanol–water partition coefficient (Wildman–Crippen LogP) is 13.9. The van der Waals surface area contributed by atoms with Gasteiger partial charge in [0.05, 0.1) is 30.0 Å². The minimum Gasteiger partial charge on any atom is -0.414 e. The number of fused-ring (bicyclic) bond motifs is 5. The van der Waals surface area contributed by atoms with Crippen LogP contribution in [0.2, 0.25) is 54.4 Å². The molecule has 4 nitrogen and oxygen atoms in total. The molecule has 0 amide bonds. The van der Waals surface area contributed by atoms with E-state index in [2.05, 4.69) is 160 Å². The van der Waals surface area contributed by atoms with Gasteiger partial charge in [-0.15, -0.1) is 0 Å². The van der Waals surface area contributed by atoms with Crippen molar-refractivity contribution < 1.29 is 18.0 Å². The van der Waals surface area contributed by atoms with Crippen LogP contribution in [0.3, 0.4) is 0 Å². The summed E-state index contributed by atoms with van der Waals surface area (Å²) >= 11 is 0. The number of hydrogen-bond acceptors (Lipinski definition) is 4. The summed E-state index contributed by atoms with van der Waals surface area (Å²) in [6.45, 7) is 45.7. The van der Waals surface area contributed by atoms with Gasteiger partial charge in [0.1, 0.15) is 0 Å². The zero-order valence-corrected chi connectivity index (χ0v) is 41.2. The molecule has 6 atom stereocenters. The van der Waals surface area contributed by atoms with E-state index in [4.69, 9.17) is 18.0 Å². The Morgan fingerprint density at radius 2 is 1.36 bits per heavy atom. The molecule has 0 aromatic heterocycles. The first kappa shape index (κ1) is 45.2. The molecule has 0 aromatic carbocycles. The molecule has 4 aliphatic rings. The van der Waals surface area contributed by atoms with E-state index in [9.17, 15) is 0 Å². The van der Waals surface area contributed by atoms with Crippen molar-refractivity contribution >= 4 is 25.0 Å². The van der Waals surface area contributed by atoms with Crippen LogP contribution in [0.25, 0.3) is 0 Å². The zero-order valence-electron chi connectivity index (χ0n) is 38.2. The highest BCUT2D eigenvalue weighted by Crippen LogP contribution is 2.66. The molecule has 0 heterocycles. The maximum absolute atomic E-state index is 7.59. The lowest BCUT2D eigenvalue weighted by Crippen LogP contribution is -2.58. The average Bonchev–Trinajstić information content (AvgIpc) is 3.39. The maximum atomic E-state index is 7.59. The maximum Gasteiger partial charge on any atom is 0.193 e. The molecule has 53 heavy (non-hydrogen) atoms. The SMILES string of the molecule is CC[Si](CC)(CC)OC(C)(C)/C=C/COC(C)(C)C1=CC[C@H]2C3=CC=C4C[C@@H](O[Si](C)(C)C(C)(C)C)C[C@H](O[Si](C)(C)C(C)(C)C)[C@]4(C)[C@H]3CC[C@]12C. The first-order valence-electron chi connectivity index (χ1n) is 21.5. The summed E-state index contributed by atoms with van der Waals surface area (Å²) in [6.07, 6.45) is 18.0. The monoisotopic (exact) mass is 785 g/mol. The van der Waals surface area contributed by atoms with Gasteiger partial charge < -0.3 is 18.0 Å². The van der Waals surface area contributed by atoms with E-state index < -0.39 is 25.0 Å². The van der Waals surface area contributed by atoms with E-state index in [1.165, 1.54) is 36.5 Å². The molecule has 0 aliphatic heterocycles. The lowest BCUT2D eigenvalue weighted by atomic mass is 9.49. The van der Waals surface area contributed by atoms with Crippen LogP contribution >= 0.6 is 0 Å². The van der Waals surface area contributed by atoms with Gasteiger partial charge in [0.2, 0.25) is 0 Å². The minimum atomic E-state index is -2.05. The molecule has 2 saturated carbocycles. The van der Waals surface area contributed by atoms with E-state index in [1.54, 1.807) is 11.1 Å². The van der Waals surface area contributed by atoms with Gasteiger partial charge in [-0.05, 0) is 137 Å². The summed E-state index contributed by atoms with van der Waals surface area (Å²) in [5.41, 5.74) is 4.18. The highest BCUT2D eigenvalue weighted by atomic mass is 28.4. The third-order valence-corrected chi connectivity index (χ3v) is 29.7. The fourth-order valence-electron chi connectivity index (χ4n) is 10.1. The number of allylic oxidation sites excluding steroid dienone is 4. The van der Waals surface area contributed by atoms with E-state index in [-0.39, 0.29) is 44.3 Å². The topological polar surface area (TPSA) is 36.9 Å². The van der Waals surface area contributed by atoms with Crippen molar-refractivity contribution in [3.8, 4) is 0 Å². The van der Waals surface area contributed by atoms with E-state index >= 15 is 0 Å². The van der Waals surface area contributed by atoms with Crippen LogP contribution in [0.1, 0.15) is 136 Å². The van der Waals surface area contributed by atoms with Crippen molar-refractivity contribution in [2.45, 2.75) is 214 Å². The Hall–Kier alpha value is -0.549. The molecule has 2 fully saturated rings. The highest BCUT2D eigenvalue weighted by Gasteiger charge is 2.60. The second kappa shape index (κ2) is 15.3. The van der Waals surface area contributed by atoms with Gasteiger partial charge in [0.25, 0.3) is 0 Å². The Kier molecular flexibility index (Phi) is 13.1. The molecule has 0 radical (unpaired) electrons. The molecule has 0 aromatic rings. The van der Waals surface area contributed by atoms with Crippen LogP contribution in [-0.4, -0.2) is 55.0 Å². The summed E-state index contributed by atoms with van der Waals surface area (Å²) in [7, 11) is -5.68. The van der Waals surface area contributed by atoms with Crippen LogP contribution in [0.5, 0.6) is 0 Å². The third-order valence-electron chi connectivity index (χ3n) is 15.8. The van der Waals surface area contributed by atoms with Gasteiger partial charge in [-0.2, -0.15) is 0 Å². The smallest absolute Gasteiger partial charge is 0.193 e. The minimum absolute atomic E-state index is 0.0174. The van der Waals surface area contributed by atoms with Crippen LogP contribution in [0.4, 0.5) is 0 Å². The van der Waals surface area contributed by atoms with E-state index in [0.29, 0.717) is 18.4 Å². The van der Waals surface area contributed by atoms with Crippen LogP contribution in [0.15, 0.2) is 47.1 Å². The molecule has 0 saturated heterocycles. The largest absolute Gasteiger partial charge is 0.414 e. The fraction of sp³-hybridized carbons (Fsp3) is 0.826. The quantitative estimate of drug-likeness (QED) is 0.130. The van der Waals surface area contributed by atoms with Gasteiger partial charge in [-0.1, -0.05) is 118 Å². The number of hydrogen-bond donors (Lipinski definition) is 0. The molecular formula is C46H84O4Si3. The predicted molar refractivity (Wildman–Crippen MR) is 236 cm³/mol. The normalized spacial score (nSPS) is 30.4. The van der Waals surface area contributed by atoms with E-state index in [0.717, 1.165) is 19.3 Å². The average molecular weight is 785 g/mol. The van der Waals surface area contributed by atoms with Crippen molar-refractivity contribution in [2.24, 2.45) is 22.7 Å². The Balaban J connectivity index is 1.59. The summed E-state index contributed by atoms with van der Waals surface area (Å²) in [6, 6.07) is 3.50. The van der Waals surface area contributed by atoms with Crippen molar-refractivity contribution in [1.29, 1.82) is 0 Å². The summed E-state index contributed by atoms with van der Waals surface area (Å²) in [5, 5.41) is 0.337. The standard InChI is InChI=1S/C46H84O4Si3/c1-20-53(21-2,22-3)50-43(10,11)29-23-31-47-44(12,13)39-27-26-37-36-25-24-34-32-35(48-51(16,17)41(4,5)6)33-40(49-52(18,19)42(7,8)9)46(34,15)38(36)28-30-45(37,39)14/h23-25,27,29,35,37-38,40H,20-22,26,28,30-33H2,1-19H3/b29-23+/t35-,37+,38+,40+,45+,46+/m1/s1. The highest BCUT2D eigenvalue weighted by molar-refractivity contribution is 6.74. The summed E-state index contributed by atoms with van der Waals surface area (Å²) in [5.74, 6) is 0.998. The van der Waals surface area contributed by atoms with Gasteiger partial charge in [0.15, 0.2) is 25.0 Å². The number of ether oxygens (including phenoxy) is 1. The van der Waals surface area contributed by atoms with Crippen LogP contribution in [-0.2, 0) is 18.0 Å². The summed E-state index contributed by atoms with van der Waals surface area (Å²) < 4.78 is 28.4. The van der Waals surface area contributed by atoms with Crippen molar-refractivity contribution in [3.05, 3.63) is 47.1 Å². The molecule has 7 heteroatoms. The second-order valence-corrected chi connectivity index (χ2v) is 36.2.